The Morgan fingerprint density at radius 2 is 2.07 bits per heavy atom. The van der Waals surface area contributed by atoms with E-state index >= 15 is 0 Å². The summed E-state index contributed by atoms with van der Waals surface area (Å²) in [7, 11) is 0. The number of nitrogens with one attached hydrogen (secondary N) is 2. The van der Waals surface area contributed by atoms with Crippen LogP contribution in [-0.4, -0.2) is 24.7 Å². The van der Waals surface area contributed by atoms with Crippen LogP contribution in [0.15, 0.2) is 4.99 Å². The third-order valence-electron chi connectivity index (χ3n) is 1.55. The molecular formula is C8H17F3N4. The van der Waals surface area contributed by atoms with E-state index in [1.165, 1.54) is 6.92 Å². The highest BCUT2D eigenvalue weighted by atomic mass is 19.4. The van der Waals surface area contributed by atoms with Gasteiger partial charge in [-0.3, -0.25) is 10.4 Å². The van der Waals surface area contributed by atoms with Crippen molar-refractivity contribution >= 4 is 5.96 Å². The normalized spacial score (nSPS) is 14.9. The van der Waals surface area contributed by atoms with Crippen LogP contribution in [0.1, 0.15) is 26.7 Å². The zero-order chi connectivity index (χ0) is 11.9. The number of halogens is 3. The van der Waals surface area contributed by atoms with Gasteiger partial charge in [0.05, 0.1) is 6.42 Å². The lowest BCUT2D eigenvalue weighted by molar-refractivity contribution is -0.138. The number of hydrogen-bond donors (Lipinski definition) is 3. The van der Waals surface area contributed by atoms with Crippen LogP contribution < -0.4 is 16.6 Å². The SMILES string of the molecule is CCCN=C(NN)NC(C)CC(F)(F)F. The summed E-state index contributed by atoms with van der Waals surface area (Å²) in [5.74, 6) is 5.29. The molecule has 0 aromatic rings. The lowest BCUT2D eigenvalue weighted by atomic mass is 10.2. The minimum absolute atomic E-state index is 0.189. The Kier molecular flexibility index (Phi) is 6.07. The van der Waals surface area contributed by atoms with E-state index < -0.39 is 18.6 Å². The van der Waals surface area contributed by atoms with Gasteiger partial charge in [-0.05, 0) is 13.3 Å². The first-order chi connectivity index (χ1) is 6.89. The van der Waals surface area contributed by atoms with Crippen LogP contribution in [0.3, 0.4) is 0 Å². The molecule has 0 saturated carbocycles. The fraction of sp³-hybridized carbons (Fsp3) is 0.875. The quantitative estimate of drug-likeness (QED) is 0.291. The second-order valence-electron chi connectivity index (χ2n) is 3.24. The third-order valence-corrected chi connectivity index (χ3v) is 1.55. The maximum absolute atomic E-state index is 12.0. The lowest BCUT2D eigenvalue weighted by Crippen LogP contribution is -2.46. The Hall–Kier alpha value is -0.980. The van der Waals surface area contributed by atoms with Gasteiger partial charge in [-0.1, -0.05) is 6.92 Å². The van der Waals surface area contributed by atoms with E-state index in [0.29, 0.717) is 6.54 Å². The highest BCUT2D eigenvalue weighted by Crippen LogP contribution is 2.21. The van der Waals surface area contributed by atoms with E-state index in [4.69, 9.17) is 5.84 Å². The Labute approximate surface area is 87.1 Å². The summed E-state index contributed by atoms with van der Waals surface area (Å²) in [6.45, 7) is 3.86. The second kappa shape index (κ2) is 6.49. The number of hydrogen-bond acceptors (Lipinski definition) is 2. The summed E-state index contributed by atoms with van der Waals surface area (Å²) >= 11 is 0. The number of hydrazine groups is 1. The molecule has 7 heteroatoms. The molecule has 1 atom stereocenters. The molecule has 0 rings (SSSR count). The molecule has 0 fully saturated rings. The molecule has 0 aromatic carbocycles. The van der Waals surface area contributed by atoms with Crippen LogP contribution in [0.25, 0.3) is 0 Å². The monoisotopic (exact) mass is 226 g/mol. The molecule has 90 valence electrons. The van der Waals surface area contributed by atoms with Gasteiger partial charge in [-0.25, -0.2) is 5.84 Å². The van der Waals surface area contributed by atoms with Gasteiger partial charge in [0.1, 0.15) is 0 Å². The molecule has 0 bridgehead atoms. The Morgan fingerprint density at radius 3 is 2.47 bits per heavy atom. The Balaban J connectivity index is 4.07. The summed E-state index contributed by atoms with van der Waals surface area (Å²) in [5, 5.41) is 2.55. The van der Waals surface area contributed by atoms with Crippen molar-refractivity contribution in [3.63, 3.8) is 0 Å². The van der Waals surface area contributed by atoms with Crippen LogP contribution in [0, 0.1) is 0 Å². The van der Waals surface area contributed by atoms with E-state index in [-0.39, 0.29) is 5.96 Å². The maximum atomic E-state index is 12.0. The van der Waals surface area contributed by atoms with Gasteiger partial charge < -0.3 is 5.32 Å². The molecule has 0 aliphatic carbocycles. The van der Waals surface area contributed by atoms with E-state index in [0.717, 1.165) is 6.42 Å². The smallest absolute Gasteiger partial charge is 0.353 e. The van der Waals surface area contributed by atoms with Crippen LogP contribution >= 0.6 is 0 Å². The van der Waals surface area contributed by atoms with Crippen LogP contribution in [0.4, 0.5) is 13.2 Å². The average Bonchev–Trinajstić information content (AvgIpc) is 2.09. The van der Waals surface area contributed by atoms with Crippen molar-refractivity contribution < 1.29 is 13.2 Å². The van der Waals surface area contributed by atoms with E-state index in [1.807, 2.05) is 6.92 Å². The van der Waals surface area contributed by atoms with Gasteiger partial charge in [0.2, 0.25) is 5.96 Å². The van der Waals surface area contributed by atoms with Crippen molar-refractivity contribution in [1.82, 2.24) is 10.7 Å². The molecule has 0 heterocycles. The van der Waals surface area contributed by atoms with Crippen molar-refractivity contribution in [3.05, 3.63) is 0 Å². The zero-order valence-electron chi connectivity index (χ0n) is 8.86. The van der Waals surface area contributed by atoms with Crippen molar-refractivity contribution in [3.8, 4) is 0 Å². The molecule has 0 radical (unpaired) electrons. The summed E-state index contributed by atoms with van der Waals surface area (Å²) < 4.78 is 35.9. The van der Waals surface area contributed by atoms with E-state index in [2.05, 4.69) is 15.7 Å². The number of guanidine groups is 1. The summed E-state index contributed by atoms with van der Waals surface area (Å²) in [6.07, 6.45) is -4.29. The third kappa shape index (κ3) is 8.04. The van der Waals surface area contributed by atoms with Gasteiger partial charge >= 0.3 is 6.18 Å². The molecule has 0 aromatic heterocycles. The lowest BCUT2D eigenvalue weighted by Gasteiger charge is -2.17. The van der Waals surface area contributed by atoms with Crippen molar-refractivity contribution in [2.24, 2.45) is 10.8 Å². The minimum atomic E-state index is -4.18. The molecule has 4 N–H and O–H groups in total. The number of rotatable bonds is 4. The van der Waals surface area contributed by atoms with Crippen LogP contribution in [0.2, 0.25) is 0 Å². The van der Waals surface area contributed by atoms with Crippen molar-refractivity contribution in [1.29, 1.82) is 0 Å². The maximum Gasteiger partial charge on any atom is 0.391 e. The fourth-order valence-electron chi connectivity index (χ4n) is 0.988. The predicted octanol–water partition coefficient (Wildman–Crippen LogP) is 1.15. The molecule has 4 nitrogen and oxygen atoms in total. The Bertz CT molecular complexity index is 203. The highest BCUT2D eigenvalue weighted by Gasteiger charge is 2.30. The number of nitrogens with zero attached hydrogens (tertiary/aromatic N) is 1. The second-order valence-corrected chi connectivity index (χ2v) is 3.24. The molecule has 1 unspecified atom stereocenters. The molecular weight excluding hydrogens is 209 g/mol. The molecule has 0 amide bonds. The summed E-state index contributed by atoms with van der Waals surface area (Å²) in [4.78, 5) is 3.93. The standard InChI is InChI=1S/C8H17F3N4/c1-3-4-13-7(15-12)14-6(2)5-8(9,10)11/h6H,3-5,12H2,1-2H3,(H2,13,14,15). The first-order valence-electron chi connectivity index (χ1n) is 4.73. The highest BCUT2D eigenvalue weighted by molar-refractivity contribution is 5.79. The molecule has 0 aliphatic rings. The molecule has 0 aliphatic heterocycles. The average molecular weight is 226 g/mol. The van der Waals surface area contributed by atoms with Crippen LogP contribution in [0.5, 0.6) is 0 Å². The zero-order valence-corrected chi connectivity index (χ0v) is 8.86. The first-order valence-corrected chi connectivity index (χ1v) is 4.73. The number of alkyl halides is 3. The van der Waals surface area contributed by atoms with Gasteiger partial charge in [0.25, 0.3) is 0 Å². The molecule has 15 heavy (non-hydrogen) atoms. The van der Waals surface area contributed by atoms with Gasteiger partial charge in [0.15, 0.2) is 0 Å². The van der Waals surface area contributed by atoms with Crippen molar-refractivity contribution in [2.45, 2.75) is 38.9 Å². The van der Waals surface area contributed by atoms with E-state index in [1.54, 1.807) is 0 Å². The van der Waals surface area contributed by atoms with Gasteiger partial charge in [-0.15, -0.1) is 0 Å². The largest absolute Gasteiger partial charge is 0.391 e. The predicted molar refractivity (Wildman–Crippen MR) is 53.2 cm³/mol. The minimum Gasteiger partial charge on any atom is -0.353 e. The number of nitrogens with two attached hydrogens (primary N) is 1. The van der Waals surface area contributed by atoms with Crippen molar-refractivity contribution in [2.75, 3.05) is 6.54 Å². The summed E-state index contributed by atoms with van der Waals surface area (Å²) in [6, 6.07) is -0.753. The van der Waals surface area contributed by atoms with Gasteiger partial charge in [0, 0.05) is 12.6 Å². The topological polar surface area (TPSA) is 62.4 Å². The summed E-state index contributed by atoms with van der Waals surface area (Å²) in [5.41, 5.74) is 2.23. The first kappa shape index (κ1) is 14.0. The van der Waals surface area contributed by atoms with Crippen LogP contribution in [-0.2, 0) is 0 Å². The van der Waals surface area contributed by atoms with Gasteiger partial charge in [-0.2, -0.15) is 13.2 Å². The number of aliphatic imine (C=N–C) groups is 1. The molecule has 0 saturated heterocycles. The van der Waals surface area contributed by atoms with E-state index in [9.17, 15) is 13.2 Å². The molecule has 0 spiro atoms. The fourth-order valence-corrected chi connectivity index (χ4v) is 0.988. The Morgan fingerprint density at radius 1 is 1.47 bits per heavy atom.